The largest absolute Gasteiger partial charge is 0.476 e. The van der Waals surface area contributed by atoms with Crippen LogP contribution in [0.3, 0.4) is 0 Å². The zero-order valence-corrected chi connectivity index (χ0v) is 25.1. The number of rotatable bonds is 6. The van der Waals surface area contributed by atoms with Crippen LogP contribution in [0.15, 0.2) is 53.4 Å². The topological polar surface area (TPSA) is 84.4 Å². The standard InChI is InChI=1S/C31H37F3N4O3S/c1-20(2)15-24-19-41-27-17-26(28-21(3)7-5-8-22(28)4)35-29(36-27)37-42(39,40)25-10-6-9-23(16-25)18-38(24)14-13-30(11-12-30)31(32,33)34/h5-10,16-17,20,24H,11-15,18-19H2,1-4H3,(H,35,36,37)/t24-/m1/s1. The molecule has 1 saturated carbocycles. The Labute approximate surface area is 245 Å². The van der Waals surface area contributed by atoms with Crippen molar-refractivity contribution >= 4 is 16.0 Å². The van der Waals surface area contributed by atoms with E-state index in [1.807, 2.05) is 36.9 Å². The summed E-state index contributed by atoms with van der Waals surface area (Å²) in [5.41, 5.74) is 2.32. The fourth-order valence-corrected chi connectivity index (χ4v) is 6.75. The molecule has 11 heteroatoms. The molecule has 1 aromatic heterocycles. The highest BCUT2D eigenvalue weighted by atomic mass is 32.2. The zero-order chi connectivity index (χ0) is 30.3. The maximum absolute atomic E-state index is 13.8. The molecule has 5 rings (SSSR count). The van der Waals surface area contributed by atoms with E-state index < -0.39 is 21.6 Å². The number of benzene rings is 2. The van der Waals surface area contributed by atoms with E-state index in [4.69, 9.17) is 4.74 Å². The molecule has 0 spiro atoms. The second-order valence-electron chi connectivity index (χ2n) is 12.0. The van der Waals surface area contributed by atoms with Gasteiger partial charge >= 0.3 is 6.18 Å². The van der Waals surface area contributed by atoms with Gasteiger partial charge in [0, 0.05) is 24.2 Å². The first kappa shape index (κ1) is 30.3. The van der Waals surface area contributed by atoms with Crippen LogP contribution >= 0.6 is 0 Å². The Morgan fingerprint density at radius 3 is 2.40 bits per heavy atom. The summed E-state index contributed by atoms with van der Waals surface area (Å²) in [4.78, 5) is 11.0. The molecule has 3 aromatic rings. The van der Waals surface area contributed by atoms with Gasteiger partial charge in [-0.1, -0.05) is 44.2 Å². The first-order chi connectivity index (χ1) is 19.8. The maximum Gasteiger partial charge on any atom is 0.394 e. The summed E-state index contributed by atoms with van der Waals surface area (Å²) in [7, 11) is -4.07. The van der Waals surface area contributed by atoms with E-state index in [9.17, 15) is 21.6 Å². The first-order valence-corrected chi connectivity index (χ1v) is 15.8. The molecule has 1 N–H and O–H groups in total. The SMILES string of the molecule is Cc1cccc(C)c1-c1cc2nc(n1)NS(=O)(=O)c1cccc(c1)CN(CCC1(C(F)(F)F)CC1)[C@H](CC(C)C)CO2. The van der Waals surface area contributed by atoms with Crippen molar-refractivity contribution in [3.8, 4) is 17.1 Å². The highest BCUT2D eigenvalue weighted by molar-refractivity contribution is 7.92. The number of sulfonamides is 1. The molecular formula is C31H37F3N4O3S. The number of aryl methyl sites for hydroxylation is 2. The highest BCUT2D eigenvalue weighted by Crippen LogP contribution is 2.60. The van der Waals surface area contributed by atoms with Crippen LogP contribution in [0.2, 0.25) is 0 Å². The van der Waals surface area contributed by atoms with Crippen molar-refractivity contribution in [2.24, 2.45) is 11.3 Å². The van der Waals surface area contributed by atoms with Crippen molar-refractivity contribution in [2.75, 3.05) is 17.9 Å². The van der Waals surface area contributed by atoms with E-state index in [0.29, 0.717) is 17.7 Å². The molecule has 1 atom stereocenters. The van der Waals surface area contributed by atoms with Gasteiger partial charge < -0.3 is 4.74 Å². The van der Waals surface area contributed by atoms with Gasteiger partial charge in [0.2, 0.25) is 11.8 Å². The minimum atomic E-state index is -4.25. The summed E-state index contributed by atoms with van der Waals surface area (Å²) in [6.07, 6.45) is -3.31. The van der Waals surface area contributed by atoms with Crippen molar-refractivity contribution in [3.05, 3.63) is 65.2 Å². The van der Waals surface area contributed by atoms with E-state index in [2.05, 4.69) is 28.5 Å². The Morgan fingerprint density at radius 2 is 1.76 bits per heavy atom. The van der Waals surface area contributed by atoms with Gasteiger partial charge in [-0.2, -0.15) is 18.2 Å². The third-order valence-corrected chi connectivity index (χ3v) is 9.60. The van der Waals surface area contributed by atoms with Crippen LogP contribution in [0, 0.1) is 25.2 Å². The Balaban J connectivity index is 1.58. The van der Waals surface area contributed by atoms with E-state index >= 15 is 0 Å². The van der Waals surface area contributed by atoms with Crippen molar-refractivity contribution in [2.45, 2.75) is 77.0 Å². The summed E-state index contributed by atoms with van der Waals surface area (Å²) in [6.45, 7) is 8.70. The molecule has 1 aliphatic heterocycles. The fourth-order valence-electron chi connectivity index (χ4n) is 5.74. The number of fused-ring (bicyclic) bond motifs is 4. The normalized spacial score (nSPS) is 20.0. The van der Waals surface area contributed by atoms with Crippen LogP contribution in [-0.2, 0) is 16.6 Å². The molecule has 0 saturated heterocycles. The predicted molar refractivity (Wildman–Crippen MR) is 156 cm³/mol. The van der Waals surface area contributed by atoms with Crippen molar-refractivity contribution < 1.29 is 26.3 Å². The number of ether oxygens (including phenoxy) is 1. The summed E-state index contributed by atoms with van der Waals surface area (Å²) in [5, 5.41) is 0. The van der Waals surface area contributed by atoms with Crippen LogP contribution in [-0.4, -0.2) is 48.7 Å². The van der Waals surface area contributed by atoms with Gasteiger partial charge in [0.1, 0.15) is 6.61 Å². The predicted octanol–water partition coefficient (Wildman–Crippen LogP) is 6.90. The number of hydrogen-bond acceptors (Lipinski definition) is 6. The van der Waals surface area contributed by atoms with Crippen LogP contribution in [0.5, 0.6) is 5.88 Å². The van der Waals surface area contributed by atoms with Gasteiger partial charge in [-0.3, -0.25) is 4.90 Å². The Hall–Kier alpha value is -3.18. The summed E-state index contributed by atoms with van der Waals surface area (Å²) < 4.78 is 77.2. The number of alkyl halides is 3. The van der Waals surface area contributed by atoms with Crippen molar-refractivity contribution in [1.29, 1.82) is 0 Å². The monoisotopic (exact) mass is 602 g/mol. The molecular weight excluding hydrogens is 565 g/mol. The number of hydrogen-bond donors (Lipinski definition) is 1. The van der Waals surface area contributed by atoms with E-state index in [1.54, 1.807) is 24.3 Å². The Bertz CT molecular complexity index is 1530. The van der Waals surface area contributed by atoms with Gasteiger partial charge in [-0.15, -0.1) is 0 Å². The van der Waals surface area contributed by atoms with Crippen LogP contribution in [0.1, 0.15) is 56.2 Å². The van der Waals surface area contributed by atoms with Gasteiger partial charge in [-0.25, -0.2) is 18.1 Å². The lowest BCUT2D eigenvalue weighted by Gasteiger charge is -2.34. The van der Waals surface area contributed by atoms with E-state index in [0.717, 1.165) is 16.7 Å². The zero-order valence-electron chi connectivity index (χ0n) is 24.3. The van der Waals surface area contributed by atoms with Crippen LogP contribution in [0.25, 0.3) is 11.3 Å². The Kier molecular flexibility index (Phi) is 8.28. The molecule has 42 heavy (non-hydrogen) atoms. The number of aromatic nitrogens is 2. The highest BCUT2D eigenvalue weighted by Gasteiger charge is 2.62. The number of anilines is 1. The second-order valence-corrected chi connectivity index (χ2v) is 13.7. The maximum atomic E-state index is 13.8. The van der Waals surface area contributed by atoms with Gasteiger partial charge in [-0.05, 0) is 80.8 Å². The lowest BCUT2D eigenvalue weighted by molar-refractivity contribution is -0.190. The van der Waals surface area contributed by atoms with Crippen LogP contribution in [0.4, 0.5) is 19.1 Å². The number of nitrogens with zero attached hydrogens (tertiary/aromatic N) is 3. The first-order valence-electron chi connectivity index (χ1n) is 14.3. The minimum absolute atomic E-state index is 0.0149. The molecule has 2 aliphatic rings. The number of halogens is 3. The molecule has 0 radical (unpaired) electrons. The molecule has 7 nitrogen and oxygen atoms in total. The summed E-state index contributed by atoms with van der Waals surface area (Å²) in [6, 6.07) is 13.8. The van der Waals surface area contributed by atoms with Crippen LogP contribution < -0.4 is 9.46 Å². The number of nitrogens with one attached hydrogen (secondary N) is 1. The average molecular weight is 603 g/mol. The minimum Gasteiger partial charge on any atom is -0.476 e. The van der Waals surface area contributed by atoms with E-state index in [1.165, 1.54) is 6.07 Å². The average Bonchev–Trinajstić information content (AvgIpc) is 3.70. The molecule has 2 heterocycles. The molecule has 2 aromatic carbocycles. The second kappa shape index (κ2) is 11.5. The summed E-state index contributed by atoms with van der Waals surface area (Å²) >= 11 is 0. The lowest BCUT2D eigenvalue weighted by atomic mass is 9.98. The van der Waals surface area contributed by atoms with Gasteiger partial charge in [0.05, 0.1) is 16.0 Å². The molecule has 1 fully saturated rings. The van der Waals surface area contributed by atoms with Crippen molar-refractivity contribution in [1.82, 2.24) is 14.9 Å². The van der Waals surface area contributed by atoms with Gasteiger partial charge in [0.25, 0.3) is 10.0 Å². The van der Waals surface area contributed by atoms with E-state index in [-0.39, 0.29) is 67.6 Å². The fraction of sp³-hybridized carbons (Fsp3) is 0.484. The molecule has 0 unspecified atom stereocenters. The lowest BCUT2D eigenvalue weighted by Crippen LogP contribution is -2.42. The Morgan fingerprint density at radius 1 is 1.07 bits per heavy atom. The van der Waals surface area contributed by atoms with Gasteiger partial charge in [0.15, 0.2) is 0 Å². The third-order valence-electron chi connectivity index (χ3n) is 8.28. The summed E-state index contributed by atoms with van der Waals surface area (Å²) in [5.74, 6) is 0.315. The third kappa shape index (κ3) is 6.57. The molecule has 4 bridgehead atoms. The quantitative estimate of drug-likeness (QED) is 0.330. The molecule has 1 aliphatic carbocycles. The molecule has 226 valence electrons. The molecule has 0 amide bonds. The van der Waals surface area contributed by atoms with Crippen molar-refractivity contribution in [3.63, 3.8) is 0 Å². The smallest absolute Gasteiger partial charge is 0.394 e.